The van der Waals surface area contributed by atoms with Crippen molar-refractivity contribution >= 4 is 44.5 Å². The fourth-order valence-electron chi connectivity index (χ4n) is 5.02. The molecule has 6 rings (SSSR count). The Bertz CT molecular complexity index is 1860. The van der Waals surface area contributed by atoms with Crippen LogP contribution in [0.5, 0.6) is 0 Å². The Balaban J connectivity index is 1.34. The zero-order valence-electron chi connectivity index (χ0n) is 22.8. The number of alkyl halides is 2. The van der Waals surface area contributed by atoms with Gasteiger partial charge in [0.1, 0.15) is 16.7 Å². The number of fused-ring (bicyclic) bond motifs is 2. The summed E-state index contributed by atoms with van der Waals surface area (Å²) in [5.74, 6) is -2.05. The first kappa shape index (κ1) is 26.9. The van der Waals surface area contributed by atoms with Gasteiger partial charge in [-0.3, -0.25) is 15.0 Å². The monoisotopic (exact) mass is 569 g/mol. The molecule has 1 aliphatic rings. The number of aromatic nitrogens is 6. The fourth-order valence-corrected chi connectivity index (χ4v) is 5.95. The van der Waals surface area contributed by atoms with Crippen LogP contribution in [0.1, 0.15) is 30.8 Å². The maximum absolute atomic E-state index is 13.7. The second kappa shape index (κ2) is 10.6. The largest absolute Gasteiger partial charge is 0.336 e. The molecule has 0 spiro atoms. The molecular formula is C31H29F2N7S. The highest BCUT2D eigenvalue weighted by Crippen LogP contribution is 2.35. The number of hydrogen-bond donors (Lipinski definition) is 2. The normalized spacial score (nSPS) is 16.2. The van der Waals surface area contributed by atoms with Gasteiger partial charge in [0.2, 0.25) is 0 Å². The van der Waals surface area contributed by atoms with Crippen LogP contribution in [0.25, 0.3) is 55.3 Å². The first-order chi connectivity index (χ1) is 19.7. The van der Waals surface area contributed by atoms with Gasteiger partial charge >= 0.3 is 0 Å². The summed E-state index contributed by atoms with van der Waals surface area (Å²) in [5.41, 5.74) is 7.90. The summed E-state index contributed by atoms with van der Waals surface area (Å²) in [6.07, 6.45) is 7.28. The van der Waals surface area contributed by atoms with Crippen LogP contribution < -0.4 is 0 Å². The van der Waals surface area contributed by atoms with Crippen molar-refractivity contribution in [3.63, 3.8) is 0 Å². The van der Waals surface area contributed by atoms with Gasteiger partial charge in [-0.2, -0.15) is 5.10 Å². The molecular weight excluding hydrogens is 540 g/mol. The van der Waals surface area contributed by atoms with Crippen molar-refractivity contribution in [3.05, 3.63) is 84.1 Å². The van der Waals surface area contributed by atoms with E-state index < -0.39 is 5.92 Å². The van der Waals surface area contributed by atoms with Gasteiger partial charge in [-0.05, 0) is 67.0 Å². The molecule has 41 heavy (non-hydrogen) atoms. The number of rotatable bonds is 8. The molecule has 0 bridgehead atoms. The second-order valence-electron chi connectivity index (χ2n) is 10.2. The lowest BCUT2D eigenvalue weighted by Gasteiger charge is -2.16. The lowest BCUT2D eigenvalue weighted by atomic mass is 10.1. The predicted octanol–water partition coefficient (Wildman–Crippen LogP) is 7.51. The Morgan fingerprint density at radius 2 is 1.95 bits per heavy atom. The molecule has 1 fully saturated rings. The van der Waals surface area contributed by atoms with Crippen molar-refractivity contribution in [1.82, 2.24) is 35.0 Å². The molecule has 1 aliphatic heterocycles. The van der Waals surface area contributed by atoms with Crippen LogP contribution in [-0.2, 0) is 0 Å². The minimum Gasteiger partial charge on any atom is -0.336 e. The molecule has 7 nitrogen and oxygen atoms in total. The van der Waals surface area contributed by atoms with Crippen LogP contribution >= 0.6 is 11.3 Å². The highest BCUT2D eigenvalue weighted by Gasteiger charge is 2.38. The Morgan fingerprint density at radius 1 is 1.12 bits per heavy atom. The molecule has 0 aromatic carbocycles. The van der Waals surface area contributed by atoms with Crippen LogP contribution in [0.4, 0.5) is 8.78 Å². The number of nitrogens with zero attached hydrogens (tertiary/aromatic N) is 5. The average molecular weight is 570 g/mol. The van der Waals surface area contributed by atoms with Crippen LogP contribution in [0.2, 0.25) is 0 Å². The van der Waals surface area contributed by atoms with E-state index in [9.17, 15) is 8.78 Å². The van der Waals surface area contributed by atoms with Crippen molar-refractivity contribution in [2.45, 2.75) is 26.2 Å². The van der Waals surface area contributed by atoms with Gasteiger partial charge in [0.25, 0.3) is 5.92 Å². The second-order valence-corrected chi connectivity index (χ2v) is 11.3. The first-order valence-corrected chi connectivity index (χ1v) is 14.1. The van der Waals surface area contributed by atoms with Gasteiger partial charge in [-0.15, -0.1) is 11.3 Å². The third-order valence-corrected chi connectivity index (χ3v) is 8.41. The highest BCUT2D eigenvalue weighted by molar-refractivity contribution is 7.16. The van der Waals surface area contributed by atoms with E-state index in [0.717, 1.165) is 54.4 Å². The molecule has 1 saturated heterocycles. The van der Waals surface area contributed by atoms with E-state index in [1.165, 1.54) is 0 Å². The van der Waals surface area contributed by atoms with Crippen molar-refractivity contribution in [2.75, 3.05) is 19.6 Å². The smallest absolute Gasteiger partial charge is 0.261 e. The number of aromatic amines is 2. The maximum atomic E-state index is 13.7. The van der Waals surface area contributed by atoms with Gasteiger partial charge in [0.05, 0.1) is 28.1 Å². The maximum Gasteiger partial charge on any atom is 0.261 e. The van der Waals surface area contributed by atoms with E-state index in [1.54, 1.807) is 28.5 Å². The molecule has 0 amide bonds. The van der Waals surface area contributed by atoms with Crippen LogP contribution in [0.3, 0.4) is 0 Å². The lowest BCUT2D eigenvalue weighted by Crippen LogP contribution is -2.26. The first-order valence-electron chi connectivity index (χ1n) is 13.3. The van der Waals surface area contributed by atoms with E-state index in [4.69, 9.17) is 9.97 Å². The van der Waals surface area contributed by atoms with Crippen molar-refractivity contribution in [2.24, 2.45) is 0 Å². The summed E-state index contributed by atoms with van der Waals surface area (Å²) in [6, 6.07) is 9.83. The highest BCUT2D eigenvalue weighted by atomic mass is 32.1. The number of allylic oxidation sites excluding steroid dienone is 4. The Morgan fingerprint density at radius 3 is 2.66 bits per heavy atom. The standard InChI is InChI=1S/C31H29F2N7S/c1-5-19(16-40-14-12-31(32,33)17-40)15-20(6-2)21-7-8-23-27(35-21)29(39-38-23)30-36-22-11-13-34-28(26(22)37-30)25-10-9-24(41-25)18(3)4/h5-11,13,15H,1,3,12,14,16-17H2,2,4H3,(H,36,37)(H,38,39)/b19-15+,20-6+. The SMILES string of the molecule is C=C/C(=C\C(=C/C)c1ccc2[nH]nc(-c3nc4c(-c5ccc(C(=C)C)s5)nccc4[nH]3)c2n1)CN1CCC(F)(F)C1. The van der Waals surface area contributed by atoms with Gasteiger partial charge in [-0.25, -0.2) is 18.7 Å². The number of H-pyrrole nitrogens is 2. The quantitative estimate of drug-likeness (QED) is 0.189. The van der Waals surface area contributed by atoms with Crippen molar-refractivity contribution in [3.8, 4) is 22.1 Å². The zero-order chi connectivity index (χ0) is 28.7. The van der Waals surface area contributed by atoms with Crippen molar-refractivity contribution in [1.29, 1.82) is 0 Å². The molecule has 0 atom stereocenters. The molecule has 0 unspecified atom stereocenters. The van der Waals surface area contributed by atoms with Gasteiger partial charge in [0, 0.05) is 30.6 Å². The topological polar surface area (TPSA) is 86.4 Å². The van der Waals surface area contributed by atoms with E-state index in [1.807, 2.05) is 50.3 Å². The van der Waals surface area contributed by atoms with Crippen LogP contribution in [-0.4, -0.2) is 60.6 Å². The third kappa shape index (κ3) is 5.28. The molecule has 10 heteroatoms. The minimum atomic E-state index is -2.63. The summed E-state index contributed by atoms with van der Waals surface area (Å²) >= 11 is 1.63. The number of likely N-dealkylation sites (tertiary alicyclic amines) is 1. The zero-order valence-corrected chi connectivity index (χ0v) is 23.7. The van der Waals surface area contributed by atoms with E-state index in [-0.39, 0.29) is 13.0 Å². The summed E-state index contributed by atoms with van der Waals surface area (Å²) in [6.45, 7) is 12.4. The Kier molecular flexibility index (Phi) is 6.96. The third-order valence-electron chi connectivity index (χ3n) is 7.16. The number of thiophene rings is 1. The predicted molar refractivity (Wildman–Crippen MR) is 163 cm³/mol. The number of halogens is 2. The van der Waals surface area contributed by atoms with E-state index in [0.29, 0.717) is 30.1 Å². The molecule has 5 aromatic heterocycles. The molecule has 208 valence electrons. The number of imidazole rings is 1. The summed E-state index contributed by atoms with van der Waals surface area (Å²) in [4.78, 5) is 21.7. The lowest BCUT2D eigenvalue weighted by molar-refractivity contribution is 0.0131. The van der Waals surface area contributed by atoms with Crippen LogP contribution in [0.15, 0.2) is 73.5 Å². The molecule has 0 radical (unpaired) electrons. The van der Waals surface area contributed by atoms with Gasteiger partial charge in [0.15, 0.2) is 11.5 Å². The summed E-state index contributed by atoms with van der Waals surface area (Å²) in [5, 5.41) is 7.60. The Hall–Kier alpha value is -4.28. The van der Waals surface area contributed by atoms with Crippen LogP contribution in [0, 0.1) is 0 Å². The molecule has 2 N–H and O–H groups in total. The number of nitrogens with one attached hydrogen (secondary N) is 2. The van der Waals surface area contributed by atoms with Gasteiger partial charge in [-0.1, -0.05) is 25.3 Å². The number of hydrogen-bond acceptors (Lipinski definition) is 6. The number of pyridine rings is 2. The fraction of sp³-hybridized carbons (Fsp3) is 0.226. The van der Waals surface area contributed by atoms with E-state index >= 15 is 0 Å². The molecule has 0 aliphatic carbocycles. The minimum absolute atomic E-state index is 0.114. The van der Waals surface area contributed by atoms with E-state index in [2.05, 4.69) is 39.4 Å². The summed E-state index contributed by atoms with van der Waals surface area (Å²) in [7, 11) is 0. The molecule has 5 aromatic rings. The van der Waals surface area contributed by atoms with Crippen molar-refractivity contribution < 1.29 is 8.78 Å². The van der Waals surface area contributed by atoms with Gasteiger partial charge < -0.3 is 4.98 Å². The Labute approximate surface area is 240 Å². The molecule has 0 saturated carbocycles. The average Bonchev–Trinajstić information content (AvgIpc) is 3.75. The molecule has 6 heterocycles. The summed E-state index contributed by atoms with van der Waals surface area (Å²) < 4.78 is 27.4.